The predicted molar refractivity (Wildman–Crippen MR) is 55.6 cm³/mol. The van der Waals surface area contributed by atoms with Gasteiger partial charge in [-0.15, -0.1) is 0 Å². The van der Waals surface area contributed by atoms with Crippen molar-refractivity contribution in [1.29, 1.82) is 0 Å². The number of hydrogen-bond acceptors (Lipinski definition) is 2. The van der Waals surface area contributed by atoms with Gasteiger partial charge in [0.1, 0.15) is 0 Å². The maximum absolute atomic E-state index is 6.15. The molecule has 0 aromatic rings. The van der Waals surface area contributed by atoms with Crippen LogP contribution in [0.2, 0.25) is 0 Å². The monoisotopic (exact) mass is 182 g/mol. The molecule has 2 rings (SSSR count). The van der Waals surface area contributed by atoms with Crippen molar-refractivity contribution in [3.8, 4) is 0 Å². The van der Waals surface area contributed by atoms with Gasteiger partial charge in [-0.1, -0.05) is 6.92 Å². The Bertz CT molecular complexity index is 175. The highest BCUT2D eigenvalue weighted by Gasteiger charge is 2.33. The van der Waals surface area contributed by atoms with Gasteiger partial charge in [0.15, 0.2) is 0 Å². The molecule has 2 aliphatic carbocycles. The zero-order chi connectivity index (χ0) is 9.31. The molecule has 0 radical (unpaired) electrons. The second kappa shape index (κ2) is 3.58. The number of nitrogens with two attached hydrogens (primary N) is 1. The molecule has 2 atom stereocenters. The molecule has 0 spiro atoms. The average molecular weight is 182 g/mol. The summed E-state index contributed by atoms with van der Waals surface area (Å²) in [5.41, 5.74) is 6.31. The molecule has 2 heteroatoms. The first kappa shape index (κ1) is 9.47. The predicted octanol–water partition coefficient (Wildman–Crippen LogP) is 1.65. The smallest absolute Gasteiger partial charge is 0.0280 e. The normalized spacial score (nSPS) is 37.4. The minimum atomic E-state index is 0.159. The number of rotatable bonds is 3. The van der Waals surface area contributed by atoms with Crippen LogP contribution in [0.4, 0.5) is 0 Å². The lowest BCUT2D eigenvalue weighted by Crippen LogP contribution is -2.55. The van der Waals surface area contributed by atoms with E-state index in [1.807, 2.05) is 0 Å². The topological polar surface area (TPSA) is 38.0 Å². The van der Waals surface area contributed by atoms with E-state index in [0.717, 1.165) is 18.5 Å². The van der Waals surface area contributed by atoms with E-state index in [4.69, 9.17) is 5.73 Å². The number of hydrogen-bond donors (Lipinski definition) is 2. The van der Waals surface area contributed by atoms with E-state index in [1.54, 1.807) is 0 Å². The minimum absolute atomic E-state index is 0.159. The van der Waals surface area contributed by atoms with Crippen LogP contribution in [0.3, 0.4) is 0 Å². The molecular weight excluding hydrogens is 160 g/mol. The van der Waals surface area contributed by atoms with Crippen LogP contribution in [-0.2, 0) is 0 Å². The maximum Gasteiger partial charge on any atom is 0.0280 e. The molecule has 0 heterocycles. The Kier molecular flexibility index (Phi) is 2.61. The fraction of sp³-hybridized carbons (Fsp3) is 1.00. The van der Waals surface area contributed by atoms with Crippen LogP contribution in [0.5, 0.6) is 0 Å². The van der Waals surface area contributed by atoms with Gasteiger partial charge in [-0.3, -0.25) is 0 Å². The lowest BCUT2D eigenvalue weighted by atomic mass is 9.77. The summed E-state index contributed by atoms with van der Waals surface area (Å²) >= 11 is 0. The van der Waals surface area contributed by atoms with Crippen LogP contribution in [0.1, 0.15) is 45.4 Å². The highest BCUT2D eigenvalue weighted by Crippen LogP contribution is 2.30. The van der Waals surface area contributed by atoms with Crippen molar-refractivity contribution in [1.82, 2.24) is 5.32 Å². The van der Waals surface area contributed by atoms with Crippen molar-refractivity contribution in [3.63, 3.8) is 0 Å². The van der Waals surface area contributed by atoms with E-state index in [0.29, 0.717) is 0 Å². The molecule has 3 N–H and O–H groups in total. The van der Waals surface area contributed by atoms with Gasteiger partial charge in [-0.05, 0) is 44.4 Å². The van der Waals surface area contributed by atoms with Crippen molar-refractivity contribution < 1.29 is 0 Å². The summed E-state index contributed by atoms with van der Waals surface area (Å²) in [5, 5.41) is 3.63. The van der Waals surface area contributed by atoms with E-state index in [2.05, 4.69) is 12.2 Å². The van der Waals surface area contributed by atoms with E-state index >= 15 is 0 Å². The van der Waals surface area contributed by atoms with Gasteiger partial charge in [0.05, 0.1) is 0 Å². The molecule has 2 aliphatic rings. The van der Waals surface area contributed by atoms with Crippen LogP contribution >= 0.6 is 0 Å². The van der Waals surface area contributed by atoms with Crippen LogP contribution < -0.4 is 11.1 Å². The molecule has 2 fully saturated rings. The van der Waals surface area contributed by atoms with Gasteiger partial charge in [0.2, 0.25) is 0 Å². The Morgan fingerprint density at radius 3 is 2.62 bits per heavy atom. The molecule has 2 unspecified atom stereocenters. The third-order valence-corrected chi connectivity index (χ3v) is 3.79. The first-order chi connectivity index (χ1) is 6.18. The first-order valence-corrected chi connectivity index (χ1v) is 5.70. The molecule has 0 aromatic carbocycles. The second-order valence-corrected chi connectivity index (χ2v) is 5.21. The van der Waals surface area contributed by atoms with Gasteiger partial charge < -0.3 is 11.1 Å². The second-order valence-electron chi connectivity index (χ2n) is 5.21. The molecule has 2 nitrogen and oxygen atoms in total. The van der Waals surface area contributed by atoms with E-state index in [-0.39, 0.29) is 5.54 Å². The van der Waals surface area contributed by atoms with E-state index < -0.39 is 0 Å². The zero-order valence-electron chi connectivity index (χ0n) is 8.68. The molecular formula is C11H22N2. The van der Waals surface area contributed by atoms with Crippen LogP contribution in [-0.4, -0.2) is 18.1 Å². The molecule has 76 valence electrons. The van der Waals surface area contributed by atoms with Crippen molar-refractivity contribution in [2.45, 2.75) is 57.0 Å². The van der Waals surface area contributed by atoms with Crippen molar-refractivity contribution >= 4 is 0 Å². The average Bonchev–Trinajstić information content (AvgIpc) is 2.44. The lowest BCUT2D eigenvalue weighted by molar-refractivity contribution is 0.230. The minimum Gasteiger partial charge on any atom is -0.324 e. The Morgan fingerprint density at radius 2 is 2.15 bits per heavy atom. The number of nitrogens with one attached hydrogen (secondary N) is 1. The third kappa shape index (κ3) is 2.23. The standard InChI is InChI=1S/C11H22N2/c1-9-3-4-10(7-9)13-8-11(12)5-2-6-11/h9-10,13H,2-8,12H2,1H3. The van der Waals surface area contributed by atoms with Crippen LogP contribution in [0.25, 0.3) is 0 Å². The summed E-state index contributed by atoms with van der Waals surface area (Å²) in [7, 11) is 0. The summed E-state index contributed by atoms with van der Waals surface area (Å²) in [5.74, 6) is 0.924. The Hall–Kier alpha value is -0.0800. The summed E-state index contributed by atoms with van der Waals surface area (Å²) < 4.78 is 0. The molecule has 2 saturated carbocycles. The fourth-order valence-electron chi connectivity index (χ4n) is 2.55. The summed E-state index contributed by atoms with van der Waals surface area (Å²) in [4.78, 5) is 0. The van der Waals surface area contributed by atoms with Crippen molar-refractivity contribution in [2.24, 2.45) is 11.7 Å². The SMILES string of the molecule is CC1CCC(NCC2(N)CCC2)C1. The summed E-state index contributed by atoms with van der Waals surface area (Å²) in [6.07, 6.45) is 7.90. The van der Waals surface area contributed by atoms with E-state index in [1.165, 1.54) is 38.5 Å². The van der Waals surface area contributed by atoms with E-state index in [9.17, 15) is 0 Å². The van der Waals surface area contributed by atoms with Crippen LogP contribution in [0.15, 0.2) is 0 Å². The molecule has 0 saturated heterocycles. The summed E-state index contributed by atoms with van der Waals surface area (Å²) in [6, 6.07) is 0.760. The molecule has 13 heavy (non-hydrogen) atoms. The van der Waals surface area contributed by atoms with Gasteiger partial charge >= 0.3 is 0 Å². The highest BCUT2D eigenvalue weighted by molar-refractivity contribution is 4.95. The first-order valence-electron chi connectivity index (χ1n) is 5.70. The fourth-order valence-corrected chi connectivity index (χ4v) is 2.55. The molecule has 0 aliphatic heterocycles. The lowest BCUT2D eigenvalue weighted by Gasteiger charge is -2.39. The Balaban J connectivity index is 1.67. The van der Waals surface area contributed by atoms with Crippen molar-refractivity contribution in [2.75, 3.05) is 6.54 Å². The molecule has 0 aromatic heterocycles. The zero-order valence-corrected chi connectivity index (χ0v) is 8.68. The molecule has 0 amide bonds. The molecule has 0 bridgehead atoms. The highest BCUT2D eigenvalue weighted by atomic mass is 15.0. The third-order valence-electron chi connectivity index (χ3n) is 3.79. The van der Waals surface area contributed by atoms with Crippen molar-refractivity contribution in [3.05, 3.63) is 0 Å². The maximum atomic E-state index is 6.15. The van der Waals surface area contributed by atoms with Gasteiger partial charge in [-0.2, -0.15) is 0 Å². The van der Waals surface area contributed by atoms with Gasteiger partial charge in [0.25, 0.3) is 0 Å². The van der Waals surface area contributed by atoms with Gasteiger partial charge in [0, 0.05) is 18.1 Å². The van der Waals surface area contributed by atoms with Gasteiger partial charge in [-0.25, -0.2) is 0 Å². The largest absolute Gasteiger partial charge is 0.324 e. The quantitative estimate of drug-likeness (QED) is 0.696. The Labute approximate surface area is 81.3 Å². The Morgan fingerprint density at radius 1 is 1.38 bits per heavy atom. The van der Waals surface area contributed by atoms with Crippen LogP contribution in [0, 0.1) is 5.92 Å². The summed E-state index contributed by atoms with van der Waals surface area (Å²) in [6.45, 7) is 3.40.